The minimum Gasteiger partial charge on any atom is -0.396 e. The fourth-order valence-electron chi connectivity index (χ4n) is 0.680. The summed E-state index contributed by atoms with van der Waals surface area (Å²) >= 11 is 0. The molecule has 0 amide bonds. The summed E-state index contributed by atoms with van der Waals surface area (Å²) in [4.78, 5) is 0. The molecule has 15 heavy (non-hydrogen) atoms. The smallest absolute Gasteiger partial charge is 0.396 e. The lowest BCUT2D eigenvalue weighted by atomic mass is 10.0. The standard InChI is InChI=1S/C6H6F8O/c7-3(1-2-15)4(8,9)5(10,11)6(12,13)14/h3,15H,1-2H2. The van der Waals surface area contributed by atoms with E-state index < -0.39 is 37.2 Å². The second-order valence-electron chi connectivity index (χ2n) is 2.67. The normalized spacial score (nSPS) is 16.6. The van der Waals surface area contributed by atoms with E-state index in [0.717, 1.165) is 0 Å². The topological polar surface area (TPSA) is 20.2 Å². The summed E-state index contributed by atoms with van der Waals surface area (Å²) < 4.78 is 95.5. The fraction of sp³-hybridized carbons (Fsp3) is 1.00. The Kier molecular flexibility index (Phi) is 3.94. The first kappa shape index (κ1) is 14.4. The van der Waals surface area contributed by atoms with E-state index in [0.29, 0.717) is 0 Å². The van der Waals surface area contributed by atoms with Gasteiger partial charge in [0.05, 0.1) is 0 Å². The second kappa shape index (κ2) is 4.11. The highest BCUT2D eigenvalue weighted by Crippen LogP contribution is 2.49. The largest absolute Gasteiger partial charge is 0.459 e. The van der Waals surface area contributed by atoms with Gasteiger partial charge in [0.15, 0.2) is 6.17 Å². The molecule has 1 unspecified atom stereocenters. The average molecular weight is 246 g/mol. The Labute approximate surface area is 78.7 Å². The molecule has 0 heterocycles. The first-order chi connectivity index (χ1) is 6.48. The van der Waals surface area contributed by atoms with Gasteiger partial charge in [0.25, 0.3) is 0 Å². The van der Waals surface area contributed by atoms with Crippen LogP contribution < -0.4 is 0 Å². The minimum atomic E-state index is -6.55. The van der Waals surface area contributed by atoms with Crippen molar-refractivity contribution < 1.29 is 40.2 Å². The number of aliphatic hydroxyl groups is 1. The highest BCUT2D eigenvalue weighted by atomic mass is 19.4. The molecule has 0 spiro atoms. The molecule has 0 saturated heterocycles. The van der Waals surface area contributed by atoms with Gasteiger partial charge in [-0.3, -0.25) is 0 Å². The Balaban J connectivity index is 5.00. The van der Waals surface area contributed by atoms with Crippen molar-refractivity contribution in [3.8, 4) is 0 Å². The Morgan fingerprint density at radius 1 is 0.933 bits per heavy atom. The molecule has 0 saturated carbocycles. The molecular weight excluding hydrogens is 240 g/mol. The van der Waals surface area contributed by atoms with Crippen LogP contribution in [-0.2, 0) is 0 Å². The zero-order valence-electron chi connectivity index (χ0n) is 6.96. The lowest BCUT2D eigenvalue weighted by Crippen LogP contribution is -2.56. The van der Waals surface area contributed by atoms with Gasteiger partial charge < -0.3 is 5.11 Å². The monoisotopic (exact) mass is 246 g/mol. The fourth-order valence-corrected chi connectivity index (χ4v) is 0.680. The van der Waals surface area contributed by atoms with Crippen molar-refractivity contribution in [2.24, 2.45) is 0 Å². The van der Waals surface area contributed by atoms with Crippen LogP contribution in [0.1, 0.15) is 6.42 Å². The molecule has 0 bridgehead atoms. The Bertz CT molecular complexity index is 210. The number of hydrogen-bond donors (Lipinski definition) is 1. The zero-order valence-corrected chi connectivity index (χ0v) is 6.96. The van der Waals surface area contributed by atoms with Crippen LogP contribution in [0.3, 0.4) is 0 Å². The number of halogens is 8. The third-order valence-electron chi connectivity index (χ3n) is 1.55. The summed E-state index contributed by atoms with van der Waals surface area (Å²) in [6.07, 6.45) is -11.8. The molecule has 0 fully saturated rings. The molecule has 9 heteroatoms. The van der Waals surface area contributed by atoms with Gasteiger partial charge in [-0.25, -0.2) is 4.39 Å². The maximum absolute atomic E-state index is 12.3. The quantitative estimate of drug-likeness (QED) is 0.756. The number of rotatable bonds is 4. The summed E-state index contributed by atoms with van der Waals surface area (Å²) in [5.41, 5.74) is 0. The van der Waals surface area contributed by atoms with E-state index in [9.17, 15) is 35.1 Å². The number of hydrogen-bond acceptors (Lipinski definition) is 1. The van der Waals surface area contributed by atoms with Gasteiger partial charge in [0.2, 0.25) is 0 Å². The van der Waals surface area contributed by atoms with Gasteiger partial charge in [-0.05, 0) is 0 Å². The van der Waals surface area contributed by atoms with Gasteiger partial charge in [-0.2, -0.15) is 30.7 Å². The van der Waals surface area contributed by atoms with Crippen molar-refractivity contribution in [1.29, 1.82) is 0 Å². The first-order valence-electron chi connectivity index (χ1n) is 3.55. The number of aliphatic hydroxyl groups excluding tert-OH is 1. The summed E-state index contributed by atoms with van der Waals surface area (Å²) in [5, 5.41) is 7.97. The van der Waals surface area contributed by atoms with E-state index in [-0.39, 0.29) is 0 Å². The first-order valence-corrected chi connectivity index (χ1v) is 3.55. The van der Waals surface area contributed by atoms with Crippen LogP contribution in [0.25, 0.3) is 0 Å². The Hall–Kier alpha value is -0.600. The molecule has 0 aromatic rings. The molecule has 1 atom stereocenters. The molecule has 0 radical (unpaired) electrons. The lowest BCUT2D eigenvalue weighted by Gasteiger charge is -2.30. The van der Waals surface area contributed by atoms with Crippen molar-refractivity contribution in [1.82, 2.24) is 0 Å². The van der Waals surface area contributed by atoms with Crippen LogP contribution in [-0.4, -0.2) is 35.9 Å². The molecule has 0 aromatic carbocycles. The summed E-state index contributed by atoms with van der Waals surface area (Å²) in [7, 11) is 0. The minimum absolute atomic E-state index is 1.26. The zero-order chi connectivity index (χ0) is 12.5. The van der Waals surface area contributed by atoms with Crippen molar-refractivity contribution in [3.63, 3.8) is 0 Å². The van der Waals surface area contributed by atoms with E-state index in [1.807, 2.05) is 0 Å². The van der Waals surface area contributed by atoms with Crippen LogP contribution in [0.4, 0.5) is 35.1 Å². The predicted molar refractivity (Wildman–Crippen MR) is 32.5 cm³/mol. The Morgan fingerprint density at radius 3 is 1.60 bits per heavy atom. The van der Waals surface area contributed by atoms with Gasteiger partial charge in [0.1, 0.15) is 0 Å². The molecule has 1 N–H and O–H groups in total. The molecule has 0 rings (SSSR count). The van der Waals surface area contributed by atoms with E-state index in [2.05, 4.69) is 0 Å². The molecule has 0 aliphatic carbocycles. The van der Waals surface area contributed by atoms with Gasteiger partial charge >= 0.3 is 18.0 Å². The summed E-state index contributed by atoms with van der Waals surface area (Å²) in [6.45, 7) is -1.26. The average Bonchev–Trinajstić information content (AvgIpc) is 2.02. The van der Waals surface area contributed by atoms with Crippen LogP contribution in [0.5, 0.6) is 0 Å². The van der Waals surface area contributed by atoms with Gasteiger partial charge in [-0.15, -0.1) is 0 Å². The maximum atomic E-state index is 12.3. The van der Waals surface area contributed by atoms with E-state index >= 15 is 0 Å². The van der Waals surface area contributed by atoms with Crippen molar-refractivity contribution >= 4 is 0 Å². The van der Waals surface area contributed by atoms with Crippen LogP contribution in [0, 0.1) is 0 Å². The van der Waals surface area contributed by atoms with Crippen LogP contribution in [0.2, 0.25) is 0 Å². The van der Waals surface area contributed by atoms with Crippen LogP contribution in [0.15, 0.2) is 0 Å². The van der Waals surface area contributed by atoms with Crippen molar-refractivity contribution in [2.75, 3.05) is 6.61 Å². The van der Waals surface area contributed by atoms with E-state index in [4.69, 9.17) is 5.11 Å². The van der Waals surface area contributed by atoms with E-state index in [1.54, 1.807) is 0 Å². The molecule has 0 aromatic heterocycles. The maximum Gasteiger partial charge on any atom is 0.459 e. The Morgan fingerprint density at radius 2 is 1.33 bits per heavy atom. The third-order valence-corrected chi connectivity index (χ3v) is 1.55. The molecule has 0 aliphatic heterocycles. The molecular formula is C6H6F8O. The summed E-state index contributed by atoms with van der Waals surface area (Å²) in [5.74, 6) is -12.4. The van der Waals surface area contributed by atoms with Crippen molar-refractivity contribution in [3.05, 3.63) is 0 Å². The van der Waals surface area contributed by atoms with Gasteiger partial charge in [0, 0.05) is 13.0 Å². The molecule has 92 valence electrons. The lowest BCUT2D eigenvalue weighted by molar-refractivity contribution is -0.366. The van der Waals surface area contributed by atoms with Crippen molar-refractivity contribution in [2.45, 2.75) is 30.6 Å². The van der Waals surface area contributed by atoms with Crippen LogP contribution >= 0.6 is 0 Å². The third kappa shape index (κ3) is 2.50. The van der Waals surface area contributed by atoms with E-state index in [1.165, 1.54) is 0 Å². The highest BCUT2D eigenvalue weighted by Gasteiger charge is 2.75. The molecule has 0 aliphatic rings. The second-order valence-corrected chi connectivity index (χ2v) is 2.67. The summed E-state index contributed by atoms with van der Waals surface area (Å²) in [6, 6.07) is 0. The van der Waals surface area contributed by atoms with Gasteiger partial charge in [-0.1, -0.05) is 0 Å². The molecule has 1 nitrogen and oxygen atoms in total. The highest BCUT2D eigenvalue weighted by molar-refractivity contribution is 4.95. The number of alkyl halides is 8. The SMILES string of the molecule is OCCC(F)C(F)(F)C(F)(F)C(F)(F)F. The predicted octanol–water partition coefficient (Wildman–Crippen LogP) is 2.54.